The minimum Gasteiger partial charge on any atom is -0.304 e. The minimum atomic E-state index is -3.21. The number of aryl methyl sites for hydroxylation is 2. The summed E-state index contributed by atoms with van der Waals surface area (Å²) in [5, 5.41) is 0. The maximum Gasteiger partial charge on any atom is 0.179 e. The average molecular weight is 310 g/mol. The Morgan fingerprint density at radius 1 is 1.24 bits per heavy atom. The molecule has 1 unspecified atom stereocenters. The summed E-state index contributed by atoms with van der Waals surface area (Å²) in [4.78, 5) is 5.06. The lowest BCUT2D eigenvalue weighted by Crippen LogP contribution is -2.51. The Hall–Kier alpha value is -0.910. The number of nitrogens with zero attached hydrogens (tertiary/aromatic N) is 2. The first-order chi connectivity index (χ1) is 9.79. The molecule has 21 heavy (non-hydrogen) atoms. The maximum atomic E-state index is 12.6. The molecule has 1 aromatic rings. The number of sulfone groups is 1. The van der Waals surface area contributed by atoms with Gasteiger partial charge in [-0.15, -0.1) is 0 Å². The predicted molar refractivity (Wildman–Crippen MR) is 86.5 cm³/mol. The maximum absolute atomic E-state index is 12.6. The fourth-order valence-corrected chi connectivity index (χ4v) is 4.52. The minimum absolute atomic E-state index is 0.200. The lowest BCUT2D eigenvalue weighted by atomic mass is 10.2. The third kappa shape index (κ3) is 4.05. The molecule has 1 fully saturated rings. The molecule has 1 aliphatic rings. The molecule has 0 saturated carbocycles. The lowest BCUT2D eigenvalue weighted by Gasteiger charge is -2.38. The molecule has 1 aromatic carbocycles. The van der Waals surface area contributed by atoms with Crippen LogP contribution in [0.4, 0.5) is 0 Å². The molecule has 0 bridgehead atoms. The monoisotopic (exact) mass is 310 g/mol. The molecule has 1 atom stereocenters. The van der Waals surface area contributed by atoms with Gasteiger partial charge in [0, 0.05) is 32.2 Å². The van der Waals surface area contributed by atoms with Crippen molar-refractivity contribution in [2.45, 2.75) is 31.7 Å². The van der Waals surface area contributed by atoms with Crippen LogP contribution in [0.25, 0.3) is 0 Å². The van der Waals surface area contributed by atoms with E-state index >= 15 is 0 Å². The largest absolute Gasteiger partial charge is 0.304 e. The third-order valence-electron chi connectivity index (χ3n) is 4.29. The van der Waals surface area contributed by atoms with Crippen LogP contribution in [0.2, 0.25) is 0 Å². The zero-order chi connectivity index (χ0) is 15.6. The highest BCUT2D eigenvalue weighted by molar-refractivity contribution is 7.91. The molecule has 1 heterocycles. The van der Waals surface area contributed by atoms with Crippen LogP contribution in [0.5, 0.6) is 0 Å². The molecule has 0 N–H and O–H groups in total. The van der Waals surface area contributed by atoms with Gasteiger partial charge in [0.05, 0.1) is 10.6 Å². The number of rotatable bonds is 4. The zero-order valence-corrected chi connectivity index (χ0v) is 14.3. The van der Waals surface area contributed by atoms with E-state index in [1.54, 1.807) is 6.07 Å². The van der Waals surface area contributed by atoms with Gasteiger partial charge < -0.3 is 4.90 Å². The van der Waals surface area contributed by atoms with E-state index in [2.05, 4.69) is 23.8 Å². The van der Waals surface area contributed by atoms with Crippen LogP contribution in [0, 0.1) is 13.8 Å². The summed E-state index contributed by atoms with van der Waals surface area (Å²) in [7, 11) is -1.09. The Labute approximate surface area is 128 Å². The van der Waals surface area contributed by atoms with Crippen LogP contribution < -0.4 is 0 Å². The van der Waals surface area contributed by atoms with Crippen molar-refractivity contribution in [3.8, 4) is 0 Å². The Morgan fingerprint density at radius 3 is 2.62 bits per heavy atom. The summed E-state index contributed by atoms with van der Waals surface area (Å²) in [6.45, 7) is 9.54. The molecule has 4 nitrogen and oxygen atoms in total. The molecule has 0 aliphatic carbocycles. The van der Waals surface area contributed by atoms with Gasteiger partial charge in [-0.2, -0.15) is 0 Å². The lowest BCUT2D eigenvalue weighted by molar-refractivity contribution is 0.106. The van der Waals surface area contributed by atoms with Crippen molar-refractivity contribution in [3.63, 3.8) is 0 Å². The first-order valence-electron chi connectivity index (χ1n) is 7.52. The van der Waals surface area contributed by atoms with Crippen LogP contribution in [-0.4, -0.2) is 63.2 Å². The van der Waals surface area contributed by atoms with Crippen molar-refractivity contribution >= 4 is 9.84 Å². The topological polar surface area (TPSA) is 40.6 Å². The zero-order valence-electron chi connectivity index (χ0n) is 13.5. The van der Waals surface area contributed by atoms with E-state index in [0.29, 0.717) is 17.5 Å². The fourth-order valence-electron chi connectivity index (χ4n) is 2.90. The Kier molecular flexibility index (Phi) is 5.07. The van der Waals surface area contributed by atoms with E-state index in [-0.39, 0.29) is 5.75 Å². The van der Waals surface area contributed by atoms with Crippen LogP contribution in [0.1, 0.15) is 18.1 Å². The quantitative estimate of drug-likeness (QED) is 0.849. The van der Waals surface area contributed by atoms with Crippen molar-refractivity contribution < 1.29 is 8.42 Å². The molecule has 1 aliphatic heterocycles. The third-order valence-corrected chi connectivity index (χ3v) is 6.12. The Balaban J connectivity index is 2.06. The van der Waals surface area contributed by atoms with Crippen molar-refractivity contribution in [3.05, 3.63) is 29.3 Å². The highest BCUT2D eigenvalue weighted by atomic mass is 32.2. The molecule has 1 saturated heterocycles. The van der Waals surface area contributed by atoms with E-state index in [1.807, 2.05) is 26.0 Å². The second-order valence-corrected chi connectivity index (χ2v) is 8.31. The van der Waals surface area contributed by atoms with Crippen molar-refractivity contribution in [1.29, 1.82) is 0 Å². The summed E-state index contributed by atoms with van der Waals surface area (Å²) in [5.74, 6) is 0.200. The first kappa shape index (κ1) is 16.5. The van der Waals surface area contributed by atoms with Crippen molar-refractivity contribution in [2.24, 2.45) is 0 Å². The van der Waals surface area contributed by atoms with Crippen LogP contribution >= 0.6 is 0 Å². The van der Waals surface area contributed by atoms with Crippen LogP contribution in [0.3, 0.4) is 0 Å². The van der Waals surface area contributed by atoms with E-state index in [0.717, 1.165) is 30.8 Å². The normalized spacial score (nSPS) is 21.6. The number of hydrogen-bond acceptors (Lipinski definition) is 4. The number of piperazine rings is 1. The Bertz CT molecular complexity index is 598. The molecular weight excluding hydrogens is 284 g/mol. The van der Waals surface area contributed by atoms with Gasteiger partial charge in [0.25, 0.3) is 0 Å². The smallest absolute Gasteiger partial charge is 0.179 e. The van der Waals surface area contributed by atoms with Gasteiger partial charge in [-0.3, -0.25) is 4.90 Å². The van der Waals surface area contributed by atoms with Gasteiger partial charge in [0.15, 0.2) is 9.84 Å². The van der Waals surface area contributed by atoms with Crippen molar-refractivity contribution in [1.82, 2.24) is 9.80 Å². The fraction of sp³-hybridized carbons (Fsp3) is 0.625. The van der Waals surface area contributed by atoms with Gasteiger partial charge >= 0.3 is 0 Å². The van der Waals surface area contributed by atoms with Gasteiger partial charge in [-0.25, -0.2) is 8.42 Å². The summed E-state index contributed by atoms with van der Waals surface area (Å²) in [6.07, 6.45) is 0. The van der Waals surface area contributed by atoms with E-state index in [4.69, 9.17) is 0 Å². The molecule has 0 amide bonds. The molecule has 2 rings (SSSR count). The second kappa shape index (κ2) is 6.46. The summed E-state index contributed by atoms with van der Waals surface area (Å²) in [5.41, 5.74) is 1.83. The Morgan fingerprint density at radius 2 is 1.95 bits per heavy atom. The standard InChI is InChI=1S/C16H26N2O2S/c1-13-5-6-14(2)16(11-13)21(19,20)10-9-18-8-7-17(4)12-15(18)3/h5-6,11,15H,7-10,12H2,1-4H3. The summed E-state index contributed by atoms with van der Waals surface area (Å²) < 4.78 is 25.2. The predicted octanol–water partition coefficient (Wildman–Crippen LogP) is 1.71. The van der Waals surface area contributed by atoms with Crippen LogP contribution in [-0.2, 0) is 9.84 Å². The molecule has 118 valence electrons. The second-order valence-electron chi connectivity index (χ2n) is 6.24. The number of benzene rings is 1. The average Bonchev–Trinajstić information content (AvgIpc) is 2.40. The number of likely N-dealkylation sites (N-methyl/N-ethyl adjacent to an activating group) is 1. The molecular formula is C16H26N2O2S. The number of hydrogen-bond donors (Lipinski definition) is 0. The van der Waals surface area contributed by atoms with Crippen molar-refractivity contribution in [2.75, 3.05) is 39.0 Å². The van der Waals surface area contributed by atoms with E-state index < -0.39 is 9.84 Å². The highest BCUT2D eigenvalue weighted by Gasteiger charge is 2.24. The van der Waals surface area contributed by atoms with E-state index in [9.17, 15) is 8.42 Å². The van der Waals surface area contributed by atoms with Gasteiger partial charge in [0.2, 0.25) is 0 Å². The van der Waals surface area contributed by atoms with Gasteiger partial charge in [-0.1, -0.05) is 12.1 Å². The molecule has 0 radical (unpaired) electrons. The molecule has 0 spiro atoms. The molecule has 5 heteroatoms. The summed E-state index contributed by atoms with van der Waals surface area (Å²) in [6, 6.07) is 6.05. The summed E-state index contributed by atoms with van der Waals surface area (Å²) >= 11 is 0. The first-order valence-corrected chi connectivity index (χ1v) is 9.17. The SMILES string of the molecule is Cc1ccc(C)c(S(=O)(=O)CCN2CCN(C)CC2C)c1. The van der Waals surface area contributed by atoms with E-state index in [1.165, 1.54) is 0 Å². The highest BCUT2D eigenvalue weighted by Crippen LogP contribution is 2.19. The molecule has 0 aromatic heterocycles. The van der Waals surface area contributed by atoms with Crippen LogP contribution in [0.15, 0.2) is 23.1 Å². The van der Waals surface area contributed by atoms with Gasteiger partial charge in [0.1, 0.15) is 0 Å². The van der Waals surface area contributed by atoms with Gasteiger partial charge in [-0.05, 0) is 45.0 Å².